The molecule has 12 aromatic rings. The van der Waals surface area contributed by atoms with Crippen LogP contribution in [0.1, 0.15) is 25.0 Å². The van der Waals surface area contributed by atoms with Crippen LogP contribution >= 0.6 is 0 Å². The van der Waals surface area contributed by atoms with Crippen LogP contribution in [0, 0.1) is 0 Å². The first-order valence-corrected chi connectivity index (χ1v) is 24.0. The largest absolute Gasteiger partial charge is 0.310 e. The van der Waals surface area contributed by atoms with Crippen LogP contribution in [0.3, 0.4) is 0 Å². The van der Waals surface area contributed by atoms with Crippen molar-refractivity contribution in [2.75, 3.05) is 4.90 Å². The average molecular weight is 881 g/mol. The zero-order chi connectivity index (χ0) is 46.1. The fourth-order valence-corrected chi connectivity index (χ4v) is 11.1. The van der Waals surface area contributed by atoms with Gasteiger partial charge in [0.2, 0.25) is 0 Å². The number of nitrogens with zero attached hydrogens (tertiary/aromatic N) is 2. The number of hydrogen-bond donors (Lipinski definition) is 0. The minimum atomic E-state index is -0.119. The summed E-state index contributed by atoms with van der Waals surface area (Å²) in [4.78, 5) is 2.44. The van der Waals surface area contributed by atoms with Gasteiger partial charge in [-0.3, -0.25) is 0 Å². The van der Waals surface area contributed by atoms with Gasteiger partial charge in [-0.05, 0) is 145 Å². The minimum Gasteiger partial charge on any atom is -0.310 e. The van der Waals surface area contributed by atoms with Gasteiger partial charge < -0.3 is 9.47 Å². The number of para-hydroxylation sites is 3. The van der Waals surface area contributed by atoms with E-state index in [1.54, 1.807) is 0 Å². The normalized spacial score (nSPS) is 12.6. The molecule has 1 aromatic heterocycles. The second-order valence-electron chi connectivity index (χ2n) is 18.9. The predicted octanol–water partition coefficient (Wildman–Crippen LogP) is 18.4. The van der Waals surface area contributed by atoms with Crippen LogP contribution < -0.4 is 4.90 Å². The molecule has 0 N–H and O–H groups in total. The molecule has 0 saturated carbocycles. The van der Waals surface area contributed by atoms with Crippen LogP contribution in [0.5, 0.6) is 0 Å². The van der Waals surface area contributed by atoms with Gasteiger partial charge in [0.1, 0.15) is 0 Å². The Morgan fingerprint density at radius 3 is 1.71 bits per heavy atom. The Labute approximate surface area is 403 Å². The lowest BCUT2D eigenvalue weighted by Crippen LogP contribution is -2.16. The third-order valence-corrected chi connectivity index (χ3v) is 14.6. The number of aromatic nitrogens is 1. The monoisotopic (exact) mass is 880 g/mol. The summed E-state index contributed by atoms with van der Waals surface area (Å²) >= 11 is 0. The number of fused-ring (bicyclic) bond motifs is 7. The molecule has 0 fully saturated rings. The van der Waals surface area contributed by atoms with E-state index in [4.69, 9.17) is 0 Å². The lowest BCUT2D eigenvalue weighted by molar-refractivity contribution is 0.660. The maximum absolute atomic E-state index is 2.47. The summed E-state index contributed by atoms with van der Waals surface area (Å²) in [6.45, 7) is 4.72. The Bertz CT molecular complexity index is 3910. The highest BCUT2D eigenvalue weighted by molar-refractivity contribution is 6.11. The molecule has 2 nitrogen and oxygen atoms in total. The molecule has 0 saturated heterocycles. The van der Waals surface area contributed by atoms with Crippen molar-refractivity contribution < 1.29 is 0 Å². The molecule has 0 bridgehead atoms. The second-order valence-corrected chi connectivity index (χ2v) is 18.9. The maximum Gasteiger partial charge on any atom is 0.0541 e. The number of hydrogen-bond acceptors (Lipinski definition) is 1. The van der Waals surface area contributed by atoms with Crippen molar-refractivity contribution >= 4 is 49.6 Å². The first-order chi connectivity index (χ1) is 34.0. The lowest BCUT2D eigenvalue weighted by Gasteiger charge is -2.29. The van der Waals surface area contributed by atoms with Crippen molar-refractivity contribution in [2.45, 2.75) is 19.3 Å². The molecule has 0 radical (unpaired) electrons. The van der Waals surface area contributed by atoms with Gasteiger partial charge in [-0.15, -0.1) is 0 Å². The van der Waals surface area contributed by atoms with E-state index in [1.807, 2.05) is 0 Å². The number of rotatable bonds is 8. The molecule has 1 heterocycles. The van der Waals surface area contributed by atoms with Gasteiger partial charge in [0.15, 0.2) is 0 Å². The van der Waals surface area contributed by atoms with E-state index in [9.17, 15) is 0 Å². The van der Waals surface area contributed by atoms with Gasteiger partial charge in [-0.2, -0.15) is 0 Å². The zero-order valence-corrected chi connectivity index (χ0v) is 38.6. The third-order valence-electron chi connectivity index (χ3n) is 14.6. The summed E-state index contributed by atoms with van der Waals surface area (Å²) in [5, 5.41) is 4.90. The van der Waals surface area contributed by atoms with E-state index < -0.39 is 0 Å². The summed E-state index contributed by atoms with van der Waals surface area (Å²) in [5.41, 5.74) is 21.6. The molecule has 1 aliphatic rings. The molecule has 0 amide bonds. The molecule has 326 valence electrons. The molecular formula is C67H48N2. The molecular weight excluding hydrogens is 833 g/mol. The van der Waals surface area contributed by atoms with Crippen LogP contribution in [0.25, 0.3) is 93.9 Å². The van der Waals surface area contributed by atoms with Crippen molar-refractivity contribution in [3.63, 3.8) is 0 Å². The standard InChI is InChI=1S/C67H48N2/c1-67(2)62-26-14-11-24-58(62)59-37-36-55(44-63(59)67)68(54-21-7-4-8-22-54)64-27-15-12-23-57(64)51-35-38-66-61(43-51)60-25-13-16-28-65(60)69(66)56-41-52(48-31-29-47(30-32-48)45-17-5-3-6-18-45)40-53(42-56)50-34-33-46-19-9-10-20-49(46)39-50/h3-44H,1-2H3. The van der Waals surface area contributed by atoms with Gasteiger partial charge in [0.05, 0.1) is 16.7 Å². The molecule has 69 heavy (non-hydrogen) atoms. The Morgan fingerprint density at radius 2 is 0.899 bits per heavy atom. The lowest BCUT2D eigenvalue weighted by atomic mass is 9.82. The topological polar surface area (TPSA) is 8.17 Å². The summed E-state index contributed by atoms with van der Waals surface area (Å²) in [6, 6.07) is 93.8. The van der Waals surface area contributed by atoms with Crippen LogP contribution in [-0.4, -0.2) is 4.57 Å². The molecule has 0 unspecified atom stereocenters. The van der Waals surface area contributed by atoms with E-state index in [1.165, 1.54) is 99.3 Å². The summed E-state index contributed by atoms with van der Waals surface area (Å²) in [6.07, 6.45) is 0. The second kappa shape index (κ2) is 16.3. The summed E-state index contributed by atoms with van der Waals surface area (Å²) in [7, 11) is 0. The first-order valence-electron chi connectivity index (χ1n) is 24.0. The Kier molecular flexibility index (Phi) is 9.55. The van der Waals surface area contributed by atoms with Gasteiger partial charge >= 0.3 is 0 Å². The van der Waals surface area contributed by atoms with E-state index in [-0.39, 0.29) is 5.41 Å². The van der Waals surface area contributed by atoms with Crippen LogP contribution in [0.15, 0.2) is 255 Å². The first kappa shape index (κ1) is 40.5. The summed E-state index contributed by atoms with van der Waals surface area (Å²) < 4.78 is 2.47. The molecule has 11 aromatic carbocycles. The number of benzene rings is 11. The van der Waals surface area contributed by atoms with E-state index >= 15 is 0 Å². The van der Waals surface area contributed by atoms with E-state index in [2.05, 4.69) is 278 Å². The molecule has 13 rings (SSSR count). The smallest absolute Gasteiger partial charge is 0.0541 e. The van der Waals surface area contributed by atoms with Crippen molar-refractivity contribution in [1.29, 1.82) is 0 Å². The fourth-order valence-electron chi connectivity index (χ4n) is 11.1. The highest BCUT2D eigenvalue weighted by atomic mass is 15.1. The maximum atomic E-state index is 2.47. The predicted molar refractivity (Wildman–Crippen MR) is 292 cm³/mol. The number of anilines is 3. The van der Waals surface area contributed by atoms with Crippen molar-refractivity contribution in [3.8, 4) is 61.3 Å². The van der Waals surface area contributed by atoms with Gasteiger partial charge in [0, 0.05) is 38.8 Å². The zero-order valence-electron chi connectivity index (χ0n) is 38.6. The van der Waals surface area contributed by atoms with Crippen LogP contribution in [0.2, 0.25) is 0 Å². The van der Waals surface area contributed by atoms with Gasteiger partial charge in [-0.1, -0.05) is 196 Å². The highest BCUT2D eigenvalue weighted by Crippen LogP contribution is 2.51. The van der Waals surface area contributed by atoms with E-state index in [0.717, 1.165) is 22.7 Å². The van der Waals surface area contributed by atoms with Gasteiger partial charge in [-0.25, -0.2) is 0 Å². The van der Waals surface area contributed by atoms with Crippen molar-refractivity contribution in [3.05, 3.63) is 266 Å². The SMILES string of the molecule is CC1(C)c2ccccc2-c2ccc(N(c3ccccc3)c3ccccc3-c3ccc4c(c3)c3ccccc3n4-c3cc(-c4ccc(-c5ccccc5)cc4)cc(-c4ccc5ccccc5c4)c3)cc21. The van der Waals surface area contributed by atoms with Crippen molar-refractivity contribution in [1.82, 2.24) is 4.57 Å². The fraction of sp³-hybridized carbons (Fsp3) is 0.0448. The van der Waals surface area contributed by atoms with Crippen molar-refractivity contribution in [2.24, 2.45) is 0 Å². The van der Waals surface area contributed by atoms with Gasteiger partial charge in [0.25, 0.3) is 0 Å². The third kappa shape index (κ3) is 6.87. The Balaban J connectivity index is 0.969. The molecule has 1 aliphatic carbocycles. The molecule has 0 aliphatic heterocycles. The molecule has 0 spiro atoms. The average Bonchev–Trinajstić information content (AvgIpc) is 3.86. The van der Waals surface area contributed by atoms with Crippen LogP contribution in [-0.2, 0) is 5.41 Å². The Morgan fingerprint density at radius 1 is 0.319 bits per heavy atom. The quantitative estimate of drug-likeness (QED) is 0.148. The minimum absolute atomic E-state index is 0.119. The molecule has 0 atom stereocenters. The molecule has 2 heteroatoms. The summed E-state index contributed by atoms with van der Waals surface area (Å²) in [5.74, 6) is 0. The Hall–Kier alpha value is -8.72. The van der Waals surface area contributed by atoms with Crippen LogP contribution in [0.4, 0.5) is 17.1 Å². The highest BCUT2D eigenvalue weighted by Gasteiger charge is 2.36. The van der Waals surface area contributed by atoms with E-state index in [0.29, 0.717) is 0 Å².